The van der Waals surface area contributed by atoms with E-state index in [2.05, 4.69) is 25.4 Å². The van der Waals surface area contributed by atoms with Gasteiger partial charge < -0.3 is 9.88 Å². The Bertz CT molecular complexity index is 1970. The molecule has 0 bridgehead atoms. The van der Waals surface area contributed by atoms with Crippen molar-refractivity contribution in [2.75, 3.05) is 16.3 Å². The predicted octanol–water partition coefficient (Wildman–Crippen LogP) is 5.32. The molecule has 0 spiro atoms. The van der Waals surface area contributed by atoms with Gasteiger partial charge in [0.15, 0.2) is 17.5 Å². The molecule has 1 aliphatic heterocycles. The molecule has 2 amide bonds. The largest absolute Gasteiger partial charge is 0.361 e. The molecule has 3 aromatic carbocycles. The molecular weight excluding hydrogens is 552 g/mol. The minimum Gasteiger partial charge on any atom is -0.361 e. The third-order valence-electron chi connectivity index (χ3n) is 7.99. The Balaban J connectivity index is 1.38. The lowest BCUT2D eigenvalue weighted by Gasteiger charge is -2.31. The number of hydrogen-bond donors (Lipinski definition) is 1. The van der Waals surface area contributed by atoms with Gasteiger partial charge in [0.2, 0.25) is 11.8 Å². The Morgan fingerprint density at radius 1 is 0.909 bits per heavy atom. The van der Waals surface area contributed by atoms with Gasteiger partial charge in [0.05, 0.1) is 11.9 Å². The van der Waals surface area contributed by atoms with E-state index in [-0.39, 0.29) is 24.4 Å². The Morgan fingerprint density at radius 2 is 1.64 bits per heavy atom. The SMILES string of the molecule is CC(C)N(C(=O)CN1C(=O)C(Cc2c[nH]c3ccccc23)c2nnc(-c3ccccc3)n2-c2nnccc21)c1ccccc1. The maximum atomic E-state index is 14.8. The van der Waals surface area contributed by atoms with Gasteiger partial charge in [0, 0.05) is 34.4 Å². The summed E-state index contributed by atoms with van der Waals surface area (Å²) in [5.41, 5.74) is 4.00. The van der Waals surface area contributed by atoms with Crippen molar-refractivity contribution in [2.24, 2.45) is 0 Å². The lowest BCUT2D eigenvalue weighted by molar-refractivity contribution is -0.123. The molecule has 44 heavy (non-hydrogen) atoms. The highest BCUT2D eigenvalue weighted by Gasteiger charge is 2.40. The maximum absolute atomic E-state index is 14.8. The predicted molar refractivity (Wildman–Crippen MR) is 169 cm³/mol. The zero-order valence-corrected chi connectivity index (χ0v) is 24.3. The number of carbonyl (C=O) groups is 2. The smallest absolute Gasteiger partial charge is 0.247 e. The molecule has 0 aliphatic carbocycles. The first-order valence-electron chi connectivity index (χ1n) is 14.6. The van der Waals surface area contributed by atoms with E-state index in [1.165, 1.54) is 11.1 Å². The van der Waals surface area contributed by atoms with E-state index in [9.17, 15) is 9.59 Å². The van der Waals surface area contributed by atoms with Gasteiger partial charge >= 0.3 is 0 Å². The summed E-state index contributed by atoms with van der Waals surface area (Å²) in [6, 6.07) is 28.7. The van der Waals surface area contributed by atoms with Gasteiger partial charge in [-0.25, -0.2) is 0 Å². The fourth-order valence-corrected chi connectivity index (χ4v) is 6.00. The molecule has 10 nitrogen and oxygen atoms in total. The van der Waals surface area contributed by atoms with Crippen LogP contribution >= 0.6 is 0 Å². The van der Waals surface area contributed by atoms with Gasteiger partial charge in [-0.05, 0) is 50.1 Å². The normalized spacial score (nSPS) is 14.4. The number of fused-ring (bicyclic) bond motifs is 4. The Morgan fingerprint density at radius 3 is 2.41 bits per heavy atom. The molecule has 0 saturated carbocycles. The summed E-state index contributed by atoms with van der Waals surface area (Å²) in [5, 5.41) is 18.9. The van der Waals surface area contributed by atoms with Crippen molar-refractivity contribution >= 4 is 34.1 Å². The molecule has 218 valence electrons. The first kappa shape index (κ1) is 27.2. The summed E-state index contributed by atoms with van der Waals surface area (Å²) in [4.78, 5) is 35.4. The number of nitrogens with one attached hydrogen (secondary N) is 1. The number of carbonyl (C=O) groups excluding carboxylic acids is 2. The first-order chi connectivity index (χ1) is 21.5. The quantitative estimate of drug-likeness (QED) is 0.273. The summed E-state index contributed by atoms with van der Waals surface area (Å²) < 4.78 is 1.82. The minimum absolute atomic E-state index is 0.131. The van der Waals surface area contributed by atoms with Gasteiger partial charge in [-0.2, -0.15) is 5.10 Å². The van der Waals surface area contributed by atoms with Gasteiger partial charge in [-0.3, -0.25) is 19.1 Å². The van der Waals surface area contributed by atoms with E-state index in [1.54, 1.807) is 11.0 Å². The van der Waals surface area contributed by atoms with Crippen molar-refractivity contribution < 1.29 is 9.59 Å². The number of aromatic nitrogens is 6. The zero-order chi connectivity index (χ0) is 30.2. The van der Waals surface area contributed by atoms with Crippen molar-refractivity contribution in [1.82, 2.24) is 29.9 Å². The van der Waals surface area contributed by atoms with E-state index in [0.717, 1.165) is 27.7 Å². The van der Waals surface area contributed by atoms with Crippen molar-refractivity contribution in [3.8, 4) is 17.2 Å². The molecule has 0 radical (unpaired) electrons. The molecule has 0 fully saturated rings. The van der Waals surface area contributed by atoms with Crippen LogP contribution in [0, 0.1) is 0 Å². The highest BCUT2D eigenvalue weighted by molar-refractivity contribution is 6.07. The molecule has 1 unspecified atom stereocenters. The average Bonchev–Trinajstić information content (AvgIpc) is 3.65. The summed E-state index contributed by atoms with van der Waals surface area (Å²) in [7, 11) is 0. The number of para-hydroxylation sites is 2. The summed E-state index contributed by atoms with van der Waals surface area (Å²) in [5.74, 6) is 0.143. The number of amides is 2. The van der Waals surface area contributed by atoms with Crippen molar-refractivity contribution in [3.05, 3.63) is 115 Å². The third-order valence-corrected chi connectivity index (χ3v) is 7.99. The number of anilines is 2. The molecular formula is C34H30N8O2. The van der Waals surface area contributed by atoms with Crippen LogP contribution in [0.4, 0.5) is 11.4 Å². The van der Waals surface area contributed by atoms with Crippen LogP contribution in [0.2, 0.25) is 0 Å². The summed E-state index contributed by atoms with van der Waals surface area (Å²) in [6.45, 7) is 3.73. The van der Waals surface area contributed by atoms with Crippen molar-refractivity contribution in [2.45, 2.75) is 32.2 Å². The van der Waals surface area contributed by atoms with E-state index >= 15 is 0 Å². The van der Waals surface area contributed by atoms with E-state index in [4.69, 9.17) is 0 Å². The molecule has 1 aliphatic rings. The second-order valence-electron chi connectivity index (χ2n) is 11.1. The topological polar surface area (TPSA) is 113 Å². The monoisotopic (exact) mass is 582 g/mol. The van der Waals surface area contributed by atoms with Crippen LogP contribution in [0.3, 0.4) is 0 Å². The van der Waals surface area contributed by atoms with Crippen LogP contribution in [-0.4, -0.2) is 54.3 Å². The molecule has 7 rings (SSSR count). The Kier molecular flexibility index (Phi) is 6.94. The lowest BCUT2D eigenvalue weighted by atomic mass is 9.96. The van der Waals surface area contributed by atoms with E-state index in [0.29, 0.717) is 29.6 Å². The molecule has 1 N–H and O–H groups in total. The number of aromatic amines is 1. The number of nitrogens with zero attached hydrogens (tertiary/aromatic N) is 7. The number of rotatable bonds is 7. The molecule has 6 aromatic rings. The first-order valence-corrected chi connectivity index (χ1v) is 14.6. The number of hydrogen-bond acceptors (Lipinski definition) is 6. The van der Waals surface area contributed by atoms with E-state index in [1.807, 2.05) is 110 Å². The van der Waals surface area contributed by atoms with Gasteiger partial charge in [-0.1, -0.05) is 66.7 Å². The van der Waals surface area contributed by atoms with Crippen LogP contribution in [0.1, 0.15) is 31.2 Å². The van der Waals surface area contributed by atoms with Gasteiger partial charge in [-0.15, -0.1) is 15.3 Å². The van der Waals surface area contributed by atoms with Crippen molar-refractivity contribution in [1.29, 1.82) is 0 Å². The molecule has 4 heterocycles. The lowest BCUT2D eigenvalue weighted by Crippen LogP contribution is -2.47. The van der Waals surface area contributed by atoms with Crippen LogP contribution in [0.15, 0.2) is 103 Å². The second kappa shape index (κ2) is 11.2. The highest BCUT2D eigenvalue weighted by Crippen LogP contribution is 2.38. The Labute approximate surface area is 254 Å². The minimum atomic E-state index is -0.759. The van der Waals surface area contributed by atoms with E-state index < -0.39 is 5.92 Å². The number of H-pyrrole nitrogens is 1. The fraction of sp³-hybridized carbons (Fsp3) is 0.176. The van der Waals surface area contributed by atoms with Crippen LogP contribution in [-0.2, 0) is 16.0 Å². The maximum Gasteiger partial charge on any atom is 0.247 e. The van der Waals surface area contributed by atoms with Crippen molar-refractivity contribution in [3.63, 3.8) is 0 Å². The third kappa shape index (κ3) is 4.70. The molecule has 3 aromatic heterocycles. The standard InChI is InChI=1S/C34H30N8O2/c1-22(2)41(25-13-7-4-8-14-25)30(43)21-40-29-17-18-36-37-33(29)42-31(23-11-5-3-6-12-23)38-39-32(42)27(34(40)44)19-24-20-35-28-16-10-9-15-26(24)28/h3-18,20,22,27,35H,19,21H2,1-2H3. The second-order valence-corrected chi connectivity index (χ2v) is 11.1. The molecule has 10 heteroatoms. The fourth-order valence-electron chi connectivity index (χ4n) is 6.00. The zero-order valence-electron chi connectivity index (χ0n) is 24.3. The van der Waals surface area contributed by atoms with Gasteiger partial charge in [0.25, 0.3) is 0 Å². The summed E-state index contributed by atoms with van der Waals surface area (Å²) >= 11 is 0. The number of benzene rings is 3. The Hall–Kier alpha value is -5.64. The van der Waals surface area contributed by atoms with Crippen LogP contribution in [0.25, 0.3) is 28.1 Å². The average molecular weight is 583 g/mol. The van der Waals surface area contributed by atoms with Crippen LogP contribution < -0.4 is 9.80 Å². The highest BCUT2D eigenvalue weighted by atomic mass is 16.2. The molecule has 0 saturated heterocycles. The summed E-state index contributed by atoms with van der Waals surface area (Å²) in [6.07, 6.45) is 3.81. The van der Waals surface area contributed by atoms with Crippen LogP contribution in [0.5, 0.6) is 0 Å². The van der Waals surface area contributed by atoms with Gasteiger partial charge in [0.1, 0.15) is 12.5 Å². The molecule has 1 atom stereocenters.